The average molecular weight is 447 g/mol. The van der Waals surface area contributed by atoms with Crippen LogP contribution in [0, 0.1) is 0 Å². The minimum atomic E-state index is -0.311. The minimum absolute atomic E-state index is 0. The van der Waals surface area contributed by atoms with Gasteiger partial charge in [-0.15, -0.1) is 12.4 Å². The van der Waals surface area contributed by atoms with E-state index in [9.17, 15) is 9.59 Å². The Labute approximate surface area is 190 Å². The zero-order valence-electron chi connectivity index (χ0n) is 17.1. The number of Topliss-reactive ketones (excluding diaryl/α,β-unsaturated/α-hetero) is 1. The molecule has 0 fully saturated rings. The van der Waals surface area contributed by atoms with E-state index in [1.54, 1.807) is 30.3 Å². The van der Waals surface area contributed by atoms with Crippen LogP contribution < -0.4 is 14.8 Å². The number of ketones is 1. The molecule has 3 aromatic carbocycles. The second kappa shape index (κ2) is 8.69. The van der Waals surface area contributed by atoms with Crippen LogP contribution in [0.1, 0.15) is 27.6 Å². The number of benzene rings is 3. The third-order valence-electron chi connectivity index (χ3n) is 5.18. The van der Waals surface area contributed by atoms with Gasteiger partial charge in [0.2, 0.25) is 6.79 Å². The Balaban J connectivity index is 0.00000245. The smallest absolute Gasteiger partial charge is 0.256 e. The van der Waals surface area contributed by atoms with E-state index in [4.69, 9.17) is 14.5 Å². The molecule has 0 aliphatic carbocycles. The number of amides is 1. The van der Waals surface area contributed by atoms with Crippen molar-refractivity contribution in [1.82, 2.24) is 4.98 Å². The van der Waals surface area contributed by atoms with Crippen molar-refractivity contribution in [3.05, 3.63) is 83.9 Å². The van der Waals surface area contributed by atoms with Crippen molar-refractivity contribution >= 4 is 40.7 Å². The molecule has 0 atom stereocenters. The zero-order valence-corrected chi connectivity index (χ0v) is 17.9. The van der Waals surface area contributed by atoms with Gasteiger partial charge in [0.15, 0.2) is 17.3 Å². The number of rotatable bonds is 4. The molecule has 0 bridgehead atoms. The summed E-state index contributed by atoms with van der Waals surface area (Å²) in [4.78, 5) is 30.0. The van der Waals surface area contributed by atoms with Crippen LogP contribution >= 0.6 is 12.4 Å². The van der Waals surface area contributed by atoms with E-state index in [-0.39, 0.29) is 30.9 Å². The van der Waals surface area contributed by atoms with Crippen molar-refractivity contribution in [2.45, 2.75) is 6.92 Å². The highest BCUT2D eigenvalue weighted by Crippen LogP contribution is 2.36. The molecule has 5 rings (SSSR count). The number of hydrogen-bond donors (Lipinski definition) is 1. The number of pyridine rings is 1. The van der Waals surface area contributed by atoms with E-state index in [1.807, 2.05) is 42.5 Å². The lowest BCUT2D eigenvalue weighted by atomic mass is 10.0. The molecule has 0 spiro atoms. The third-order valence-corrected chi connectivity index (χ3v) is 5.18. The first-order chi connectivity index (χ1) is 15.1. The number of fused-ring (bicyclic) bond motifs is 2. The molecule has 0 radical (unpaired) electrons. The van der Waals surface area contributed by atoms with Gasteiger partial charge < -0.3 is 14.8 Å². The molecule has 2 heterocycles. The highest BCUT2D eigenvalue weighted by molar-refractivity contribution is 6.15. The summed E-state index contributed by atoms with van der Waals surface area (Å²) in [5.74, 6) is 0.906. The summed E-state index contributed by atoms with van der Waals surface area (Å²) in [7, 11) is 0. The lowest BCUT2D eigenvalue weighted by Crippen LogP contribution is -2.15. The van der Waals surface area contributed by atoms with Crippen LogP contribution in [0.15, 0.2) is 72.8 Å². The second-order valence-electron chi connectivity index (χ2n) is 7.20. The van der Waals surface area contributed by atoms with Gasteiger partial charge in [-0.1, -0.05) is 30.3 Å². The van der Waals surface area contributed by atoms with E-state index in [0.29, 0.717) is 39.5 Å². The molecule has 32 heavy (non-hydrogen) atoms. The summed E-state index contributed by atoms with van der Waals surface area (Å²) in [5, 5.41) is 3.62. The van der Waals surface area contributed by atoms with Crippen molar-refractivity contribution in [3.63, 3.8) is 0 Å². The Kier molecular flexibility index (Phi) is 5.79. The number of aromatic nitrogens is 1. The quantitative estimate of drug-likeness (QED) is 0.418. The van der Waals surface area contributed by atoms with Gasteiger partial charge in [0.05, 0.1) is 22.5 Å². The molecule has 7 heteroatoms. The van der Waals surface area contributed by atoms with Crippen LogP contribution in [0.25, 0.3) is 22.2 Å². The number of halogens is 1. The molecule has 160 valence electrons. The maximum absolute atomic E-state index is 13.3. The molecular weight excluding hydrogens is 428 g/mol. The van der Waals surface area contributed by atoms with Gasteiger partial charge in [-0.2, -0.15) is 0 Å². The van der Waals surface area contributed by atoms with E-state index >= 15 is 0 Å². The van der Waals surface area contributed by atoms with E-state index in [2.05, 4.69) is 5.32 Å². The summed E-state index contributed by atoms with van der Waals surface area (Å²) in [5.41, 5.74) is 3.56. The molecule has 0 saturated heterocycles. The van der Waals surface area contributed by atoms with E-state index in [0.717, 1.165) is 10.9 Å². The number of carbonyl (C=O) groups is 2. The Bertz CT molecular complexity index is 1350. The van der Waals surface area contributed by atoms with Crippen LogP contribution in [0.3, 0.4) is 0 Å². The lowest BCUT2D eigenvalue weighted by Gasteiger charge is -2.12. The summed E-state index contributed by atoms with van der Waals surface area (Å²) < 4.78 is 10.9. The Hall–Kier alpha value is -3.90. The minimum Gasteiger partial charge on any atom is -0.454 e. The van der Waals surface area contributed by atoms with Crippen LogP contribution in [-0.2, 0) is 0 Å². The Morgan fingerprint density at radius 3 is 2.47 bits per heavy atom. The van der Waals surface area contributed by atoms with Gasteiger partial charge in [-0.3, -0.25) is 9.59 Å². The highest BCUT2D eigenvalue weighted by atomic mass is 35.5. The Morgan fingerprint density at radius 2 is 1.62 bits per heavy atom. The first kappa shape index (κ1) is 21.3. The maximum Gasteiger partial charge on any atom is 0.256 e. The topological polar surface area (TPSA) is 77.5 Å². The molecule has 0 saturated carbocycles. The van der Waals surface area contributed by atoms with Crippen LogP contribution in [-0.4, -0.2) is 23.5 Å². The van der Waals surface area contributed by atoms with Crippen molar-refractivity contribution in [1.29, 1.82) is 0 Å². The predicted octanol–water partition coefficient (Wildman–Crippen LogP) is 5.51. The van der Waals surface area contributed by atoms with Gasteiger partial charge in [-0.25, -0.2) is 4.98 Å². The van der Waals surface area contributed by atoms with Crippen molar-refractivity contribution in [2.24, 2.45) is 0 Å². The predicted molar refractivity (Wildman–Crippen MR) is 125 cm³/mol. The molecular formula is C25H19ClN2O4. The maximum atomic E-state index is 13.3. The lowest BCUT2D eigenvalue weighted by molar-refractivity contribution is 0.101. The normalized spacial score (nSPS) is 11.7. The van der Waals surface area contributed by atoms with Crippen LogP contribution in [0.2, 0.25) is 0 Å². The van der Waals surface area contributed by atoms with Crippen molar-refractivity contribution in [3.8, 4) is 22.8 Å². The van der Waals surface area contributed by atoms with Gasteiger partial charge >= 0.3 is 0 Å². The molecule has 1 amide bonds. The SMILES string of the molecule is CC(=O)c1ccccc1NC(=O)c1cc(-c2ccc3c(c2)OCO3)nc2ccccc12.Cl. The molecule has 1 aliphatic heterocycles. The second-order valence-corrected chi connectivity index (χ2v) is 7.20. The highest BCUT2D eigenvalue weighted by Gasteiger charge is 2.18. The molecule has 4 aromatic rings. The molecule has 0 unspecified atom stereocenters. The monoisotopic (exact) mass is 446 g/mol. The van der Waals surface area contributed by atoms with Gasteiger partial charge in [-0.05, 0) is 49.4 Å². The summed E-state index contributed by atoms with van der Waals surface area (Å²) in [6.07, 6.45) is 0. The molecule has 1 aromatic heterocycles. The summed E-state index contributed by atoms with van der Waals surface area (Å²) in [6, 6.07) is 21.8. The molecule has 1 N–H and O–H groups in total. The third kappa shape index (κ3) is 3.88. The van der Waals surface area contributed by atoms with Gasteiger partial charge in [0.25, 0.3) is 5.91 Å². The molecule has 1 aliphatic rings. The fourth-order valence-electron chi connectivity index (χ4n) is 3.66. The van der Waals surface area contributed by atoms with Gasteiger partial charge in [0, 0.05) is 16.5 Å². The zero-order chi connectivity index (χ0) is 21.4. The van der Waals surface area contributed by atoms with E-state index in [1.165, 1.54) is 6.92 Å². The summed E-state index contributed by atoms with van der Waals surface area (Å²) in [6.45, 7) is 1.66. The fraction of sp³-hybridized carbons (Fsp3) is 0.0800. The fourth-order valence-corrected chi connectivity index (χ4v) is 3.66. The van der Waals surface area contributed by atoms with Crippen LogP contribution in [0.5, 0.6) is 11.5 Å². The first-order valence-corrected chi connectivity index (χ1v) is 9.81. The number of para-hydroxylation sites is 2. The van der Waals surface area contributed by atoms with Gasteiger partial charge in [0.1, 0.15) is 0 Å². The number of carbonyl (C=O) groups excluding carboxylic acids is 2. The van der Waals surface area contributed by atoms with E-state index < -0.39 is 0 Å². The van der Waals surface area contributed by atoms with Crippen molar-refractivity contribution in [2.75, 3.05) is 12.1 Å². The molecule has 6 nitrogen and oxygen atoms in total. The number of hydrogen-bond acceptors (Lipinski definition) is 5. The number of ether oxygens (including phenoxy) is 2. The standard InChI is InChI=1S/C25H18N2O4.ClH/c1-15(28)17-6-2-4-8-20(17)27-25(29)19-13-22(26-21-9-5-3-7-18(19)21)16-10-11-23-24(12-16)31-14-30-23;/h2-13H,14H2,1H3,(H,27,29);1H. The largest absolute Gasteiger partial charge is 0.454 e. The first-order valence-electron chi connectivity index (χ1n) is 9.81. The number of anilines is 1. The number of nitrogens with one attached hydrogen (secondary N) is 1. The van der Waals surface area contributed by atoms with Crippen molar-refractivity contribution < 1.29 is 19.1 Å². The summed E-state index contributed by atoms with van der Waals surface area (Å²) >= 11 is 0. The number of nitrogens with zero attached hydrogens (tertiary/aromatic N) is 1. The Morgan fingerprint density at radius 1 is 0.875 bits per heavy atom. The average Bonchev–Trinajstić information content (AvgIpc) is 3.26. The van der Waals surface area contributed by atoms with Crippen LogP contribution in [0.4, 0.5) is 5.69 Å².